The van der Waals surface area contributed by atoms with Crippen LogP contribution in [0, 0.1) is 15.5 Å². The summed E-state index contributed by atoms with van der Waals surface area (Å²) in [6.07, 6.45) is 0. The van der Waals surface area contributed by atoms with Crippen LogP contribution in [0.4, 0.5) is 17.1 Å². The van der Waals surface area contributed by atoms with Gasteiger partial charge in [0.25, 0.3) is 5.69 Å². The molecule has 0 saturated carbocycles. The fraction of sp³-hybridized carbons (Fsp3) is 0.238. The van der Waals surface area contributed by atoms with E-state index in [1.54, 1.807) is 19.1 Å². The largest absolute Gasteiger partial charge is 0.438 e. The predicted octanol–water partition coefficient (Wildman–Crippen LogP) is 4.50. The molecule has 1 heterocycles. The van der Waals surface area contributed by atoms with Crippen molar-refractivity contribution in [1.29, 1.82) is 5.41 Å². The first-order valence-electron chi connectivity index (χ1n) is 9.35. The van der Waals surface area contributed by atoms with Gasteiger partial charge in [-0.25, -0.2) is 0 Å². The first kappa shape index (κ1) is 20.1. The highest BCUT2D eigenvalue weighted by atomic mass is 16.6. The molecule has 0 radical (unpaired) electrons. The van der Waals surface area contributed by atoms with Crippen LogP contribution in [0.1, 0.15) is 26.3 Å². The molecule has 0 aliphatic rings. The fourth-order valence-electron chi connectivity index (χ4n) is 3.04. The SMILES string of the molecule is CCN(CC)c1ccc2cc(/C(C)=N/Nc3ccc([N+](=O)[O-])cc3)c(=N)oc2c1. The lowest BCUT2D eigenvalue weighted by molar-refractivity contribution is -0.384. The minimum atomic E-state index is -0.451. The number of fused-ring (bicyclic) bond motifs is 1. The van der Waals surface area contributed by atoms with E-state index in [2.05, 4.69) is 29.3 Å². The molecule has 0 unspecified atom stereocenters. The number of nitrogens with zero attached hydrogens (tertiary/aromatic N) is 3. The molecule has 0 aliphatic carbocycles. The van der Waals surface area contributed by atoms with E-state index in [-0.39, 0.29) is 11.2 Å². The number of nitro groups is 1. The summed E-state index contributed by atoms with van der Waals surface area (Å²) in [7, 11) is 0. The number of hydrogen-bond acceptors (Lipinski definition) is 7. The van der Waals surface area contributed by atoms with Crippen LogP contribution < -0.4 is 15.9 Å². The zero-order valence-corrected chi connectivity index (χ0v) is 16.6. The molecule has 1 aromatic heterocycles. The number of non-ortho nitro benzene ring substituents is 1. The lowest BCUT2D eigenvalue weighted by atomic mass is 10.1. The van der Waals surface area contributed by atoms with Gasteiger partial charge < -0.3 is 9.32 Å². The third kappa shape index (κ3) is 4.43. The Hall–Kier alpha value is -3.68. The van der Waals surface area contributed by atoms with Crippen LogP contribution in [0.15, 0.2) is 58.0 Å². The molecule has 0 atom stereocenters. The Bertz CT molecular complexity index is 1120. The number of anilines is 2. The van der Waals surface area contributed by atoms with E-state index >= 15 is 0 Å². The molecule has 29 heavy (non-hydrogen) atoms. The van der Waals surface area contributed by atoms with Crippen LogP contribution >= 0.6 is 0 Å². The minimum Gasteiger partial charge on any atom is -0.438 e. The molecule has 0 aliphatic heterocycles. The lowest BCUT2D eigenvalue weighted by Crippen LogP contribution is -2.21. The quantitative estimate of drug-likeness (QED) is 0.349. The average Bonchev–Trinajstić information content (AvgIpc) is 2.72. The number of hydrogen-bond donors (Lipinski definition) is 2. The van der Waals surface area contributed by atoms with Gasteiger partial charge in [0.05, 0.1) is 21.9 Å². The van der Waals surface area contributed by atoms with Crippen molar-refractivity contribution in [3.05, 3.63) is 69.8 Å². The van der Waals surface area contributed by atoms with Gasteiger partial charge in [0.2, 0.25) is 5.55 Å². The van der Waals surface area contributed by atoms with Crippen LogP contribution in [0.25, 0.3) is 11.0 Å². The highest BCUT2D eigenvalue weighted by molar-refractivity contribution is 6.00. The van der Waals surface area contributed by atoms with E-state index < -0.39 is 4.92 Å². The number of rotatable bonds is 7. The van der Waals surface area contributed by atoms with Crippen LogP contribution in [-0.2, 0) is 0 Å². The zero-order chi connectivity index (χ0) is 21.0. The summed E-state index contributed by atoms with van der Waals surface area (Å²) in [6.45, 7) is 7.77. The molecule has 0 fully saturated rings. The molecular formula is C21H23N5O3. The van der Waals surface area contributed by atoms with Gasteiger partial charge in [0, 0.05) is 42.4 Å². The molecule has 2 aromatic carbocycles. The maximum Gasteiger partial charge on any atom is 0.269 e. The van der Waals surface area contributed by atoms with Crippen molar-refractivity contribution in [2.24, 2.45) is 5.10 Å². The van der Waals surface area contributed by atoms with Crippen LogP contribution in [-0.4, -0.2) is 23.7 Å². The molecule has 0 spiro atoms. The third-order valence-electron chi connectivity index (χ3n) is 4.70. The second-order valence-electron chi connectivity index (χ2n) is 6.50. The molecule has 3 aromatic rings. The number of hydrazone groups is 1. The molecule has 0 saturated heterocycles. The van der Waals surface area contributed by atoms with Gasteiger partial charge >= 0.3 is 0 Å². The maximum absolute atomic E-state index is 10.7. The number of nitrogens with one attached hydrogen (secondary N) is 2. The monoisotopic (exact) mass is 393 g/mol. The molecule has 0 amide bonds. The highest BCUT2D eigenvalue weighted by Gasteiger charge is 2.09. The van der Waals surface area contributed by atoms with Crippen molar-refractivity contribution in [3.63, 3.8) is 0 Å². The Balaban J connectivity index is 1.87. The second kappa shape index (κ2) is 8.55. The summed E-state index contributed by atoms with van der Waals surface area (Å²) in [5.41, 5.74) is 6.37. The van der Waals surface area contributed by atoms with E-state index in [1.165, 1.54) is 12.1 Å². The zero-order valence-electron chi connectivity index (χ0n) is 16.6. The van der Waals surface area contributed by atoms with Gasteiger partial charge in [0.1, 0.15) is 5.58 Å². The Morgan fingerprint density at radius 3 is 2.48 bits per heavy atom. The summed E-state index contributed by atoms with van der Waals surface area (Å²) in [6, 6.07) is 13.8. The molecule has 8 heteroatoms. The Kier molecular flexibility index (Phi) is 5.92. The standard InChI is InChI=1S/C21H23N5O3/c1-4-25(5-2)18-9-6-15-12-19(21(22)29-20(15)13-18)14(3)23-24-16-7-10-17(11-8-16)26(27)28/h6-13,22,24H,4-5H2,1-3H3/b22-21?,23-14+. The van der Waals surface area contributed by atoms with Gasteiger partial charge in [-0.2, -0.15) is 5.10 Å². The molecule has 2 N–H and O–H groups in total. The Labute approximate surface area is 168 Å². The fourth-order valence-corrected chi connectivity index (χ4v) is 3.04. The summed E-state index contributed by atoms with van der Waals surface area (Å²) >= 11 is 0. The Morgan fingerprint density at radius 1 is 1.17 bits per heavy atom. The topological polar surface area (TPSA) is 108 Å². The average molecular weight is 393 g/mol. The molecule has 0 bridgehead atoms. The van der Waals surface area contributed by atoms with Crippen molar-refractivity contribution in [2.75, 3.05) is 23.4 Å². The normalized spacial score (nSPS) is 11.5. The number of benzene rings is 2. The first-order chi connectivity index (χ1) is 13.9. The summed E-state index contributed by atoms with van der Waals surface area (Å²) in [5, 5.41) is 24.1. The summed E-state index contributed by atoms with van der Waals surface area (Å²) in [4.78, 5) is 12.5. The highest BCUT2D eigenvalue weighted by Crippen LogP contribution is 2.22. The van der Waals surface area contributed by atoms with Crippen molar-refractivity contribution < 1.29 is 9.34 Å². The van der Waals surface area contributed by atoms with Crippen LogP contribution in [0.3, 0.4) is 0 Å². The van der Waals surface area contributed by atoms with Gasteiger partial charge in [-0.05, 0) is 51.1 Å². The van der Waals surface area contributed by atoms with E-state index in [4.69, 9.17) is 9.83 Å². The van der Waals surface area contributed by atoms with Crippen molar-refractivity contribution >= 4 is 33.7 Å². The van der Waals surface area contributed by atoms with E-state index in [0.717, 1.165) is 24.2 Å². The van der Waals surface area contributed by atoms with Gasteiger partial charge in [-0.1, -0.05) is 0 Å². The maximum atomic E-state index is 10.7. The molecule has 3 rings (SSSR count). The molecule has 8 nitrogen and oxygen atoms in total. The van der Waals surface area contributed by atoms with Gasteiger partial charge in [-0.3, -0.25) is 20.9 Å². The molecule has 150 valence electrons. The van der Waals surface area contributed by atoms with Gasteiger partial charge in [0.15, 0.2) is 0 Å². The summed E-state index contributed by atoms with van der Waals surface area (Å²) < 4.78 is 5.74. The van der Waals surface area contributed by atoms with Crippen LogP contribution in [0.2, 0.25) is 0 Å². The van der Waals surface area contributed by atoms with Crippen LogP contribution in [0.5, 0.6) is 0 Å². The van der Waals surface area contributed by atoms with Crippen molar-refractivity contribution in [2.45, 2.75) is 20.8 Å². The lowest BCUT2D eigenvalue weighted by Gasteiger charge is -2.21. The molecular weight excluding hydrogens is 370 g/mol. The Morgan fingerprint density at radius 2 is 1.86 bits per heavy atom. The first-order valence-corrected chi connectivity index (χ1v) is 9.35. The smallest absolute Gasteiger partial charge is 0.269 e. The van der Waals surface area contributed by atoms with E-state index in [1.807, 2.05) is 24.3 Å². The minimum absolute atomic E-state index is 0.0158. The second-order valence-corrected chi connectivity index (χ2v) is 6.50. The van der Waals surface area contributed by atoms with E-state index in [0.29, 0.717) is 22.5 Å². The van der Waals surface area contributed by atoms with Crippen molar-refractivity contribution in [1.82, 2.24) is 0 Å². The third-order valence-corrected chi connectivity index (χ3v) is 4.70. The number of nitro benzene ring substituents is 1. The van der Waals surface area contributed by atoms with E-state index in [9.17, 15) is 10.1 Å². The summed E-state index contributed by atoms with van der Waals surface area (Å²) in [5.74, 6) is 0. The predicted molar refractivity (Wildman–Crippen MR) is 115 cm³/mol. The van der Waals surface area contributed by atoms with Gasteiger partial charge in [-0.15, -0.1) is 0 Å². The van der Waals surface area contributed by atoms with Crippen molar-refractivity contribution in [3.8, 4) is 0 Å².